The quantitative estimate of drug-likeness (QED) is 0.588. The van der Waals surface area contributed by atoms with Crippen molar-refractivity contribution >= 4 is 23.4 Å². The molecule has 1 amide bonds. The van der Waals surface area contributed by atoms with E-state index in [-0.39, 0.29) is 11.8 Å². The summed E-state index contributed by atoms with van der Waals surface area (Å²) >= 11 is 1.65. The van der Waals surface area contributed by atoms with Crippen LogP contribution in [0, 0.1) is 5.92 Å². The number of nitrogens with one attached hydrogen (secondary N) is 1. The summed E-state index contributed by atoms with van der Waals surface area (Å²) < 4.78 is 0. The van der Waals surface area contributed by atoms with Gasteiger partial charge in [-0.25, -0.2) is 0 Å². The molecule has 1 aromatic rings. The van der Waals surface area contributed by atoms with Crippen molar-refractivity contribution < 1.29 is 4.79 Å². The molecule has 0 saturated carbocycles. The highest BCUT2D eigenvalue weighted by atomic mass is 32.2. The van der Waals surface area contributed by atoms with Crippen molar-refractivity contribution in [1.82, 2.24) is 0 Å². The molecule has 0 fully saturated rings. The van der Waals surface area contributed by atoms with Gasteiger partial charge in [0.25, 0.3) is 0 Å². The Morgan fingerprint density at radius 1 is 1.56 bits per heavy atom. The minimum absolute atomic E-state index is 0.00773. The van der Waals surface area contributed by atoms with Crippen LogP contribution < -0.4 is 11.1 Å². The second-order valence-electron chi connectivity index (χ2n) is 3.93. The molecular weight excluding hydrogens is 244 g/mol. The zero-order valence-electron chi connectivity index (χ0n) is 10.7. The first kappa shape index (κ1) is 14.8. The van der Waals surface area contributed by atoms with E-state index in [2.05, 4.69) is 11.9 Å². The van der Waals surface area contributed by atoms with Crippen molar-refractivity contribution in [2.75, 3.05) is 17.6 Å². The summed E-state index contributed by atoms with van der Waals surface area (Å²) in [6, 6.07) is 7.78. The highest BCUT2D eigenvalue weighted by Crippen LogP contribution is 2.27. The highest BCUT2D eigenvalue weighted by molar-refractivity contribution is 7.99. The van der Waals surface area contributed by atoms with Crippen molar-refractivity contribution in [2.24, 2.45) is 11.7 Å². The van der Waals surface area contributed by atoms with Crippen molar-refractivity contribution in [1.29, 1.82) is 0 Å². The fourth-order valence-corrected chi connectivity index (χ4v) is 2.29. The molecule has 0 bridgehead atoms. The smallest absolute Gasteiger partial charge is 0.228 e. The molecule has 0 heterocycles. The number of amides is 1. The first-order chi connectivity index (χ1) is 8.72. The number of hydrogen-bond donors (Lipinski definition) is 2. The molecule has 3 N–H and O–H groups in total. The lowest BCUT2D eigenvalue weighted by Crippen LogP contribution is -2.28. The van der Waals surface area contributed by atoms with E-state index in [1.165, 1.54) is 0 Å². The SMILES string of the molecule is C=CCSc1ccccc1NC(=O)C(CC)CN. The van der Waals surface area contributed by atoms with Gasteiger partial charge in [-0.15, -0.1) is 18.3 Å². The maximum Gasteiger partial charge on any atom is 0.228 e. The van der Waals surface area contributed by atoms with Crippen LogP contribution in [0.15, 0.2) is 41.8 Å². The Hall–Kier alpha value is -1.26. The van der Waals surface area contributed by atoms with Crippen LogP contribution in [-0.2, 0) is 4.79 Å². The molecule has 0 spiro atoms. The fourth-order valence-electron chi connectivity index (χ4n) is 1.54. The van der Waals surface area contributed by atoms with Gasteiger partial charge in [-0.3, -0.25) is 4.79 Å². The lowest BCUT2D eigenvalue weighted by atomic mass is 10.1. The number of thioether (sulfide) groups is 1. The Morgan fingerprint density at radius 2 is 2.28 bits per heavy atom. The summed E-state index contributed by atoms with van der Waals surface area (Å²) in [6.45, 7) is 6.04. The van der Waals surface area contributed by atoms with E-state index in [1.54, 1.807) is 11.8 Å². The van der Waals surface area contributed by atoms with Gasteiger partial charge in [0.05, 0.1) is 11.6 Å². The van der Waals surface area contributed by atoms with Gasteiger partial charge in [0.1, 0.15) is 0 Å². The monoisotopic (exact) mass is 264 g/mol. The predicted octanol–water partition coefficient (Wildman–Crippen LogP) is 2.89. The van der Waals surface area contributed by atoms with E-state index in [1.807, 2.05) is 37.3 Å². The summed E-state index contributed by atoms with van der Waals surface area (Å²) in [7, 11) is 0. The third-order valence-electron chi connectivity index (χ3n) is 2.65. The molecule has 0 aliphatic carbocycles. The number of anilines is 1. The second kappa shape index (κ2) is 7.95. The van der Waals surface area contributed by atoms with Crippen LogP contribution in [0.5, 0.6) is 0 Å². The molecule has 3 nitrogen and oxygen atoms in total. The molecule has 18 heavy (non-hydrogen) atoms. The van der Waals surface area contributed by atoms with Crippen LogP contribution >= 0.6 is 11.8 Å². The molecule has 1 rings (SSSR count). The largest absolute Gasteiger partial charge is 0.330 e. The molecule has 0 aromatic heterocycles. The number of rotatable bonds is 7. The molecule has 98 valence electrons. The minimum atomic E-state index is -0.123. The fraction of sp³-hybridized carbons (Fsp3) is 0.357. The number of nitrogens with two attached hydrogens (primary N) is 1. The lowest BCUT2D eigenvalue weighted by Gasteiger charge is -2.14. The Morgan fingerprint density at radius 3 is 2.89 bits per heavy atom. The Labute approximate surface area is 113 Å². The number of carbonyl (C=O) groups excluding carboxylic acids is 1. The average molecular weight is 264 g/mol. The van der Waals surface area contributed by atoms with E-state index in [0.29, 0.717) is 6.54 Å². The van der Waals surface area contributed by atoms with E-state index in [4.69, 9.17) is 5.73 Å². The van der Waals surface area contributed by atoms with Crippen LogP contribution in [0.4, 0.5) is 5.69 Å². The van der Waals surface area contributed by atoms with Gasteiger partial charge in [-0.05, 0) is 18.6 Å². The van der Waals surface area contributed by atoms with E-state index in [9.17, 15) is 4.79 Å². The number of para-hydroxylation sites is 1. The van der Waals surface area contributed by atoms with E-state index in [0.717, 1.165) is 22.8 Å². The van der Waals surface area contributed by atoms with Gasteiger partial charge in [0.2, 0.25) is 5.91 Å². The van der Waals surface area contributed by atoms with Crippen LogP contribution in [-0.4, -0.2) is 18.2 Å². The van der Waals surface area contributed by atoms with Gasteiger partial charge in [0.15, 0.2) is 0 Å². The van der Waals surface area contributed by atoms with Crippen molar-refractivity contribution in [3.8, 4) is 0 Å². The third kappa shape index (κ3) is 4.20. The Balaban J connectivity index is 2.76. The summed E-state index contributed by atoms with van der Waals surface area (Å²) in [5, 5.41) is 2.95. The molecular formula is C14H20N2OS. The van der Waals surface area contributed by atoms with Crippen LogP contribution in [0.25, 0.3) is 0 Å². The number of benzene rings is 1. The second-order valence-corrected chi connectivity index (χ2v) is 4.99. The van der Waals surface area contributed by atoms with Gasteiger partial charge < -0.3 is 11.1 Å². The maximum absolute atomic E-state index is 12.0. The molecule has 1 atom stereocenters. The van der Waals surface area contributed by atoms with Gasteiger partial charge in [-0.1, -0.05) is 25.1 Å². The zero-order valence-corrected chi connectivity index (χ0v) is 11.5. The number of hydrogen-bond acceptors (Lipinski definition) is 3. The summed E-state index contributed by atoms with van der Waals surface area (Å²) in [5.41, 5.74) is 6.43. The first-order valence-electron chi connectivity index (χ1n) is 6.06. The van der Waals surface area contributed by atoms with Gasteiger partial charge >= 0.3 is 0 Å². The van der Waals surface area contributed by atoms with Crippen molar-refractivity contribution in [2.45, 2.75) is 18.2 Å². The third-order valence-corrected chi connectivity index (χ3v) is 3.72. The van der Waals surface area contributed by atoms with Crippen molar-refractivity contribution in [3.05, 3.63) is 36.9 Å². The van der Waals surface area contributed by atoms with Crippen LogP contribution in [0.3, 0.4) is 0 Å². The molecule has 0 aliphatic rings. The topological polar surface area (TPSA) is 55.1 Å². The van der Waals surface area contributed by atoms with Gasteiger partial charge in [-0.2, -0.15) is 0 Å². The van der Waals surface area contributed by atoms with Gasteiger partial charge in [0, 0.05) is 17.2 Å². The summed E-state index contributed by atoms with van der Waals surface area (Å²) in [5.74, 6) is 0.690. The summed E-state index contributed by atoms with van der Waals surface area (Å²) in [6.07, 6.45) is 2.60. The molecule has 1 unspecified atom stereocenters. The molecule has 4 heteroatoms. The summed E-state index contributed by atoms with van der Waals surface area (Å²) in [4.78, 5) is 13.0. The lowest BCUT2D eigenvalue weighted by molar-refractivity contribution is -0.119. The Kier molecular flexibility index (Phi) is 6.54. The average Bonchev–Trinajstić information content (AvgIpc) is 2.39. The molecule has 0 radical (unpaired) electrons. The van der Waals surface area contributed by atoms with E-state index < -0.39 is 0 Å². The number of carbonyl (C=O) groups is 1. The normalized spacial score (nSPS) is 11.9. The standard InChI is InChI=1S/C14H20N2OS/c1-3-9-18-13-8-6-5-7-12(13)16-14(17)11(4-2)10-15/h3,5-8,11H,1,4,9-10,15H2,2H3,(H,16,17). The van der Waals surface area contributed by atoms with Crippen LogP contribution in [0.2, 0.25) is 0 Å². The highest BCUT2D eigenvalue weighted by Gasteiger charge is 2.15. The van der Waals surface area contributed by atoms with Crippen LogP contribution in [0.1, 0.15) is 13.3 Å². The minimum Gasteiger partial charge on any atom is -0.330 e. The molecule has 0 aliphatic heterocycles. The molecule has 1 aromatic carbocycles. The van der Waals surface area contributed by atoms with E-state index >= 15 is 0 Å². The van der Waals surface area contributed by atoms with Crippen molar-refractivity contribution in [3.63, 3.8) is 0 Å². The maximum atomic E-state index is 12.0. The Bertz CT molecular complexity index is 403. The zero-order chi connectivity index (χ0) is 13.4. The predicted molar refractivity (Wildman–Crippen MR) is 78.8 cm³/mol. The first-order valence-corrected chi connectivity index (χ1v) is 7.05. The molecule has 0 saturated heterocycles.